The molecule has 0 bridgehead atoms. The minimum Gasteiger partial charge on any atom is -0.481 e. The number of amides is 1. The number of nitrogens with one attached hydrogen (secondary N) is 1. The molecule has 0 saturated carbocycles. The van der Waals surface area contributed by atoms with Crippen LogP contribution in [0.25, 0.3) is 0 Å². The molecule has 11 nitrogen and oxygen atoms in total. The van der Waals surface area contributed by atoms with Crippen molar-refractivity contribution in [3.8, 4) is 0 Å². The van der Waals surface area contributed by atoms with Crippen LogP contribution in [0.2, 0.25) is 0 Å². The van der Waals surface area contributed by atoms with E-state index in [1.165, 1.54) is 4.68 Å². The van der Waals surface area contributed by atoms with Gasteiger partial charge in [0.15, 0.2) is 11.6 Å². The van der Waals surface area contributed by atoms with Crippen molar-refractivity contribution >= 4 is 17.8 Å². The van der Waals surface area contributed by atoms with Gasteiger partial charge in [-0.2, -0.15) is 0 Å². The van der Waals surface area contributed by atoms with E-state index < -0.39 is 30.3 Å². The first kappa shape index (κ1) is 21.7. The zero-order valence-electron chi connectivity index (χ0n) is 16.8. The number of carbonyl (C=O) groups is 3. The van der Waals surface area contributed by atoms with E-state index in [9.17, 15) is 14.4 Å². The van der Waals surface area contributed by atoms with E-state index in [1.54, 1.807) is 24.3 Å². The molecule has 162 valence electrons. The summed E-state index contributed by atoms with van der Waals surface area (Å²) in [5, 5.41) is 22.8. The number of nitrogens with zero attached hydrogens (tertiary/aromatic N) is 5. The van der Waals surface area contributed by atoms with Crippen LogP contribution in [0, 0.1) is 0 Å². The number of benzene rings is 1. The third-order valence-electron chi connectivity index (χ3n) is 4.57. The Morgan fingerprint density at radius 2 is 1.94 bits per heavy atom. The second kappa shape index (κ2) is 10.1. The molecule has 0 aliphatic carbocycles. The van der Waals surface area contributed by atoms with Crippen molar-refractivity contribution in [3.05, 3.63) is 65.7 Å². The van der Waals surface area contributed by atoms with Gasteiger partial charge in [0.1, 0.15) is 19.2 Å². The summed E-state index contributed by atoms with van der Waals surface area (Å²) in [6.45, 7) is -0.294. The maximum Gasteiger partial charge on any atom is 0.408 e. The number of aromatic nitrogens is 5. The van der Waals surface area contributed by atoms with Crippen molar-refractivity contribution in [2.45, 2.75) is 32.0 Å². The Morgan fingerprint density at radius 3 is 2.61 bits per heavy atom. The number of aryl methyl sites for hydroxylation is 1. The van der Waals surface area contributed by atoms with Gasteiger partial charge in [-0.15, -0.1) is 5.10 Å². The summed E-state index contributed by atoms with van der Waals surface area (Å²) in [5.74, 6) is -1.35. The fourth-order valence-electron chi connectivity index (χ4n) is 2.90. The lowest BCUT2D eigenvalue weighted by Crippen LogP contribution is -2.44. The number of alkyl carbamates (subject to hydrolysis) is 1. The highest BCUT2D eigenvalue weighted by molar-refractivity contribution is 5.90. The number of carboxylic acid groups (broad SMARTS) is 1. The molecule has 1 atom stereocenters. The van der Waals surface area contributed by atoms with Crippen LogP contribution in [0.3, 0.4) is 0 Å². The molecule has 2 heterocycles. The van der Waals surface area contributed by atoms with E-state index in [4.69, 9.17) is 9.84 Å². The average molecular weight is 426 g/mol. The number of tetrazole rings is 1. The van der Waals surface area contributed by atoms with E-state index in [-0.39, 0.29) is 13.2 Å². The lowest BCUT2D eigenvalue weighted by molar-refractivity contribution is -0.139. The van der Waals surface area contributed by atoms with Gasteiger partial charge in [-0.1, -0.05) is 30.3 Å². The summed E-state index contributed by atoms with van der Waals surface area (Å²) in [6, 6.07) is 11.5. The molecule has 0 aliphatic heterocycles. The van der Waals surface area contributed by atoms with Crippen molar-refractivity contribution in [2.75, 3.05) is 0 Å². The Labute approximate surface area is 177 Å². The van der Waals surface area contributed by atoms with Gasteiger partial charge in [0.25, 0.3) is 0 Å². The highest BCUT2D eigenvalue weighted by Gasteiger charge is 2.26. The third-order valence-corrected chi connectivity index (χ3v) is 4.57. The second-order valence-corrected chi connectivity index (χ2v) is 6.86. The van der Waals surface area contributed by atoms with Crippen LogP contribution in [0.4, 0.5) is 4.79 Å². The van der Waals surface area contributed by atoms with Gasteiger partial charge in [0.05, 0.1) is 6.42 Å². The Kier molecular flexibility index (Phi) is 7.09. The van der Waals surface area contributed by atoms with E-state index in [0.717, 1.165) is 11.3 Å². The molecule has 3 aromatic rings. The molecular weight excluding hydrogens is 404 g/mol. The van der Waals surface area contributed by atoms with Crippen molar-refractivity contribution < 1.29 is 24.2 Å². The van der Waals surface area contributed by atoms with Crippen LogP contribution < -0.4 is 5.32 Å². The molecule has 0 radical (unpaired) electrons. The summed E-state index contributed by atoms with van der Waals surface area (Å²) in [7, 11) is 1.88. The molecule has 2 aromatic heterocycles. The van der Waals surface area contributed by atoms with E-state index in [2.05, 4.69) is 20.8 Å². The fourth-order valence-corrected chi connectivity index (χ4v) is 2.90. The Morgan fingerprint density at radius 1 is 1.16 bits per heavy atom. The van der Waals surface area contributed by atoms with Gasteiger partial charge in [-0.05, 0) is 28.1 Å². The van der Waals surface area contributed by atoms with Crippen LogP contribution in [0.1, 0.15) is 23.5 Å². The number of rotatable bonds is 10. The van der Waals surface area contributed by atoms with Crippen LogP contribution in [-0.2, 0) is 40.9 Å². The van der Waals surface area contributed by atoms with Crippen LogP contribution in [0.15, 0.2) is 48.7 Å². The second-order valence-electron chi connectivity index (χ2n) is 6.86. The van der Waals surface area contributed by atoms with Gasteiger partial charge >= 0.3 is 12.1 Å². The maximum absolute atomic E-state index is 12.7. The van der Waals surface area contributed by atoms with Crippen LogP contribution in [0.5, 0.6) is 0 Å². The summed E-state index contributed by atoms with van der Waals surface area (Å²) >= 11 is 0. The van der Waals surface area contributed by atoms with Gasteiger partial charge in [-0.3, -0.25) is 9.59 Å². The SMILES string of the molecule is Cn1cccc1Cc1nnnn1CC(=O)C(CC(=O)O)NC(=O)OCc1ccccc1. The highest BCUT2D eigenvalue weighted by Crippen LogP contribution is 2.08. The topological polar surface area (TPSA) is 141 Å². The van der Waals surface area contributed by atoms with Crippen molar-refractivity contribution in [1.82, 2.24) is 30.1 Å². The number of hydrogen-bond donors (Lipinski definition) is 2. The quantitative estimate of drug-likeness (QED) is 0.488. The molecule has 0 spiro atoms. The summed E-state index contributed by atoms with van der Waals surface area (Å²) < 4.78 is 8.28. The number of ketones is 1. The fraction of sp³-hybridized carbons (Fsp3) is 0.300. The van der Waals surface area contributed by atoms with Crippen molar-refractivity contribution in [1.29, 1.82) is 0 Å². The van der Waals surface area contributed by atoms with Crippen LogP contribution >= 0.6 is 0 Å². The number of carbonyl (C=O) groups excluding carboxylic acids is 2. The maximum atomic E-state index is 12.7. The van der Waals surface area contributed by atoms with E-state index in [0.29, 0.717) is 12.2 Å². The summed E-state index contributed by atoms with van der Waals surface area (Å²) in [6.07, 6.45) is 0.793. The standard InChI is InChI=1S/C20H22N6O5/c1-25-9-5-8-15(25)10-18-22-23-24-26(18)12-17(27)16(11-19(28)29)21-20(30)31-13-14-6-3-2-4-7-14/h2-9,16H,10-13H2,1H3,(H,21,30)(H,28,29). The first-order valence-electron chi connectivity index (χ1n) is 9.49. The number of Topliss-reactive ketones (excluding diaryl/α,β-unsaturated/α-hetero) is 1. The van der Waals surface area contributed by atoms with Crippen molar-refractivity contribution in [2.24, 2.45) is 7.05 Å². The summed E-state index contributed by atoms with van der Waals surface area (Å²) in [5.41, 5.74) is 1.70. The van der Waals surface area contributed by atoms with E-state index >= 15 is 0 Å². The molecule has 1 aromatic carbocycles. The van der Waals surface area contributed by atoms with Gasteiger partial charge < -0.3 is 19.7 Å². The number of ether oxygens (including phenoxy) is 1. The van der Waals surface area contributed by atoms with Gasteiger partial charge in [0, 0.05) is 25.4 Å². The largest absolute Gasteiger partial charge is 0.481 e. The molecule has 1 unspecified atom stereocenters. The first-order valence-corrected chi connectivity index (χ1v) is 9.49. The summed E-state index contributed by atoms with van der Waals surface area (Å²) in [4.78, 5) is 36.0. The minimum atomic E-state index is -1.28. The smallest absolute Gasteiger partial charge is 0.408 e. The normalized spacial score (nSPS) is 11.6. The molecular formula is C20H22N6O5. The molecule has 0 aliphatic rings. The van der Waals surface area contributed by atoms with E-state index in [1.807, 2.05) is 36.0 Å². The number of carboxylic acids is 1. The number of hydrogen-bond acceptors (Lipinski definition) is 7. The predicted molar refractivity (Wildman–Crippen MR) is 107 cm³/mol. The van der Waals surface area contributed by atoms with Gasteiger partial charge in [-0.25, -0.2) is 9.48 Å². The lowest BCUT2D eigenvalue weighted by atomic mass is 10.1. The number of aliphatic carboxylic acids is 1. The average Bonchev–Trinajstić information content (AvgIpc) is 3.35. The minimum absolute atomic E-state index is 0.00549. The molecule has 2 N–H and O–H groups in total. The van der Waals surface area contributed by atoms with Crippen LogP contribution in [-0.4, -0.2) is 53.8 Å². The molecule has 31 heavy (non-hydrogen) atoms. The molecule has 0 fully saturated rings. The first-order chi connectivity index (χ1) is 14.9. The molecule has 3 rings (SSSR count). The Balaban J connectivity index is 1.62. The predicted octanol–water partition coefficient (Wildman–Crippen LogP) is 0.941. The Bertz CT molecular complexity index is 1050. The monoisotopic (exact) mass is 426 g/mol. The Hall–Kier alpha value is -4.02. The molecule has 1 amide bonds. The molecule has 0 saturated heterocycles. The van der Waals surface area contributed by atoms with Crippen molar-refractivity contribution in [3.63, 3.8) is 0 Å². The van der Waals surface area contributed by atoms with Gasteiger partial charge in [0.2, 0.25) is 0 Å². The zero-order chi connectivity index (χ0) is 22.2. The molecule has 11 heteroatoms. The third kappa shape index (κ3) is 6.23. The highest BCUT2D eigenvalue weighted by atomic mass is 16.5. The lowest BCUT2D eigenvalue weighted by Gasteiger charge is -2.16. The zero-order valence-corrected chi connectivity index (χ0v) is 16.8.